The second-order valence-electron chi connectivity index (χ2n) is 3.86. The molecule has 0 bridgehead atoms. The summed E-state index contributed by atoms with van der Waals surface area (Å²) in [5, 5.41) is 12.1. The van der Waals surface area contributed by atoms with E-state index in [0.717, 1.165) is 23.1 Å². The SMILES string of the molecule is CCOC(CCNc1ccc(C#N)cc1Br)OCC. The number of hydrogen-bond acceptors (Lipinski definition) is 4. The minimum Gasteiger partial charge on any atom is -0.384 e. The molecule has 1 aromatic rings. The highest BCUT2D eigenvalue weighted by molar-refractivity contribution is 9.10. The summed E-state index contributed by atoms with van der Waals surface area (Å²) < 4.78 is 11.8. The summed E-state index contributed by atoms with van der Waals surface area (Å²) in [5.41, 5.74) is 1.60. The van der Waals surface area contributed by atoms with Gasteiger partial charge in [-0.2, -0.15) is 5.26 Å². The van der Waals surface area contributed by atoms with Crippen molar-refractivity contribution in [2.24, 2.45) is 0 Å². The van der Waals surface area contributed by atoms with Crippen LogP contribution < -0.4 is 5.32 Å². The number of ether oxygens (including phenoxy) is 2. The van der Waals surface area contributed by atoms with Gasteiger partial charge in [-0.25, -0.2) is 0 Å². The van der Waals surface area contributed by atoms with Crippen molar-refractivity contribution in [1.29, 1.82) is 5.26 Å². The highest BCUT2D eigenvalue weighted by atomic mass is 79.9. The maximum Gasteiger partial charge on any atom is 0.159 e. The van der Waals surface area contributed by atoms with Crippen LogP contribution in [0.25, 0.3) is 0 Å². The van der Waals surface area contributed by atoms with Crippen molar-refractivity contribution in [3.8, 4) is 6.07 Å². The van der Waals surface area contributed by atoms with Gasteiger partial charge >= 0.3 is 0 Å². The molecule has 104 valence electrons. The van der Waals surface area contributed by atoms with Crippen molar-refractivity contribution < 1.29 is 9.47 Å². The van der Waals surface area contributed by atoms with Crippen LogP contribution in [0.2, 0.25) is 0 Å². The lowest BCUT2D eigenvalue weighted by molar-refractivity contribution is -0.137. The van der Waals surface area contributed by atoms with Gasteiger partial charge in [0.05, 0.1) is 11.6 Å². The van der Waals surface area contributed by atoms with Crippen molar-refractivity contribution in [3.05, 3.63) is 28.2 Å². The van der Waals surface area contributed by atoms with Crippen LogP contribution >= 0.6 is 15.9 Å². The van der Waals surface area contributed by atoms with Crippen LogP contribution in [-0.4, -0.2) is 26.0 Å². The molecule has 0 aliphatic carbocycles. The van der Waals surface area contributed by atoms with E-state index in [2.05, 4.69) is 27.3 Å². The maximum atomic E-state index is 8.80. The average Bonchev–Trinajstić information content (AvgIpc) is 2.41. The molecule has 5 heteroatoms. The molecule has 0 atom stereocenters. The third-order valence-corrected chi connectivity index (χ3v) is 3.15. The molecule has 0 aromatic heterocycles. The minimum atomic E-state index is -0.167. The first kappa shape index (κ1) is 16.0. The number of benzene rings is 1. The molecular formula is C14H19BrN2O2. The number of hydrogen-bond donors (Lipinski definition) is 1. The van der Waals surface area contributed by atoms with Crippen molar-refractivity contribution in [3.63, 3.8) is 0 Å². The van der Waals surface area contributed by atoms with Crippen LogP contribution in [0.1, 0.15) is 25.8 Å². The van der Waals surface area contributed by atoms with E-state index in [1.165, 1.54) is 0 Å². The Morgan fingerprint density at radius 3 is 2.53 bits per heavy atom. The Bertz CT molecular complexity index is 426. The Balaban J connectivity index is 2.46. The van der Waals surface area contributed by atoms with Gasteiger partial charge in [0, 0.05) is 36.3 Å². The van der Waals surface area contributed by atoms with Crippen molar-refractivity contribution in [2.75, 3.05) is 25.1 Å². The number of halogens is 1. The lowest BCUT2D eigenvalue weighted by Gasteiger charge is -2.17. The van der Waals surface area contributed by atoms with Crippen LogP contribution in [0.3, 0.4) is 0 Å². The van der Waals surface area contributed by atoms with Crippen LogP contribution in [0.15, 0.2) is 22.7 Å². The smallest absolute Gasteiger partial charge is 0.159 e. The molecule has 0 fully saturated rings. The maximum absolute atomic E-state index is 8.80. The van der Waals surface area contributed by atoms with E-state index in [4.69, 9.17) is 14.7 Å². The molecular weight excluding hydrogens is 308 g/mol. The molecule has 0 unspecified atom stereocenters. The zero-order valence-corrected chi connectivity index (χ0v) is 12.9. The fraction of sp³-hybridized carbons (Fsp3) is 0.500. The topological polar surface area (TPSA) is 54.3 Å². The molecule has 0 saturated heterocycles. The van der Waals surface area contributed by atoms with Crippen LogP contribution in [0, 0.1) is 11.3 Å². The van der Waals surface area contributed by atoms with E-state index in [-0.39, 0.29) is 6.29 Å². The molecule has 0 spiro atoms. The first-order chi connectivity index (χ1) is 9.21. The van der Waals surface area contributed by atoms with Gasteiger partial charge in [-0.15, -0.1) is 0 Å². The van der Waals surface area contributed by atoms with Crippen LogP contribution in [0.4, 0.5) is 5.69 Å². The zero-order chi connectivity index (χ0) is 14.1. The van der Waals surface area contributed by atoms with Gasteiger partial charge in [0.1, 0.15) is 0 Å². The summed E-state index contributed by atoms with van der Waals surface area (Å²) in [5.74, 6) is 0. The largest absolute Gasteiger partial charge is 0.384 e. The zero-order valence-electron chi connectivity index (χ0n) is 11.3. The Kier molecular flexibility index (Phi) is 7.49. The Hall–Kier alpha value is -1.09. The fourth-order valence-corrected chi connectivity index (χ4v) is 2.16. The highest BCUT2D eigenvalue weighted by Gasteiger charge is 2.08. The van der Waals surface area contributed by atoms with Crippen LogP contribution in [0.5, 0.6) is 0 Å². The van der Waals surface area contributed by atoms with Gasteiger partial charge in [0.15, 0.2) is 6.29 Å². The van der Waals surface area contributed by atoms with Crippen LogP contribution in [-0.2, 0) is 9.47 Å². The molecule has 4 nitrogen and oxygen atoms in total. The fourth-order valence-electron chi connectivity index (χ4n) is 1.64. The van der Waals surface area contributed by atoms with E-state index in [1.807, 2.05) is 19.9 Å². The quantitative estimate of drug-likeness (QED) is 0.742. The molecule has 0 aliphatic heterocycles. The standard InChI is InChI=1S/C14H19BrN2O2/c1-3-18-14(19-4-2)7-8-17-13-6-5-11(10-16)9-12(13)15/h5-6,9,14,17H,3-4,7-8H2,1-2H3. The van der Waals surface area contributed by atoms with E-state index in [9.17, 15) is 0 Å². The highest BCUT2D eigenvalue weighted by Crippen LogP contribution is 2.23. The summed E-state index contributed by atoms with van der Waals surface area (Å²) >= 11 is 3.44. The third kappa shape index (κ3) is 5.60. The number of rotatable bonds is 8. The molecule has 0 heterocycles. The van der Waals surface area contributed by atoms with Gasteiger partial charge in [-0.1, -0.05) is 0 Å². The van der Waals surface area contributed by atoms with Gasteiger partial charge in [-0.3, -0.25) is 0 Å². The Morgan fingerprint density at radius 2 is 2.00 bits per heavy atom. The molecule has 1 aromatic carbocycles. The number of anilines is 1. The predicted octanol–water partition coefficient (Wildman–Crippen LogP) is 3.52. The Labute approximate surface area is 122 Å². The second-order valence-corrected chi connectivity index (χ2v) is 4.72. The summed E-state index contributed by atoms with van der Waals surface area (Å²) in [6.07, 6.45) is 0.605. The van der Waals surface area contributed by atoms with E-state index >= 15 is 0 Å². The average molecular weight is 327 g/mol. The monoisotopic (exact) mass is 326 g/mol. The molecule has 0 saturated carbocycles. The third-order valence-electron chi connectivity index (χ3n) is 2.50. The van der Waals surface area contributed by atoms with Crippen molar-refractivity contribution >= 4 is 21.6 Å². The van der Waals surface area contributed by atoms with E-state index in [1.54, 1.807) is 12.1 Å². The Morgan fingerprint density at radius 1 is 1.32 bits per heavy atom. The predicted molar refractivity (Wildman–Crippen MR) is 79.0 cm³/mol. The van der Waals surface area contributed by atoms with Gasteiger partial charge in [0.25, 0.3) is 0 Å². The second kappa shape index (κ2) is 8.92. The molecule has 1 rings (SSSR count). The summed E-state index contributed by atoms with van der Waals surface area (Å²) in [6, 6.07) is 7.58. The summed E-state index contributed by atoms with van der Waals surface area (Å²) in [7, 11) is 0. The van der Waals surface area contributed by atoms with E-state index in [0.29, 0.717) is 18.8 Å². The first-order valence-corrected chi connectivity index (χ1v) is 7.17. The first-order valence-electron chi connectivity index (χ1n) is 6.38. The molecule has 0 amide bonds. The summed E-state index contributed by atoms with van der Waals surface area (Å²) in [6.45, 7) is 5.94. The van der Waals surface area contributed by atoms with Gasteiger partial charge in [0.2, 0.25) is 0 Å². The number of nitriles is 1. The molecule has 19 heavy (non-hydrogen) atoms. The van der Waals surface area contributed by atoms with Gasteiger partial charge < -0.3 is 14.8 Å². The lowest BCUT2D eigenvalue weighted by atomic mass is 10.2. The summed E-state index contributed by atoms with van der Waals surface area (Å²) in [4.78, 5) is 0. The van der Waals surface area contributed by atoms with Crippen molar-refractivity contribution in [1.82, 2.24) is 0 Å². The molecule has 1 N–H and O–H groups in total. The van der Waals surface area contributed by atoms with E-state index < -0.39 is 0 Å². The lowest BCUT2D eigenvalue weighted by Crippen LogP contribution is -2.21. The number of nitrogens with zero attached hydrogens (tertiary/aromatic N) is 1. The molecule has 0 aliphatic rings. The minimum absolute atomic E-state index is 0.167. The normalized spacial score (nSPS) is 10.5. The van der Waals surface area contributed by atoms with Crippen molar-refractivity contribution in [2.45, 2.75) is 26.6 Å². The molecule has 0 radical (unpaired) electrons. The van der Waals surface area contributed by atoms with Gasteiger partial charge in [-0.05, 0) is 48.0 Å². The number of nitrogens with one attached hydrogen (secondary N) is 1.